The number of aliphatic carboxylic acids is 1. The quantitative estimate of drug-likeness (QED) is 0.617. The van der Waals surface area contributed by atoms with Crippen molar-refractivity contribution in [1.82, 2.24) is 5.32 Å². The van der Waals surface area contributed by atoms with Crippen LogP contribution in [0.3, 0.4) is 0 Å². The highest BCUT2D eigenvalue weighted by molar-refractivity contribution is 5.98. The Morgan fingerprint density at radius 1 is 1.19 bits per heavy atom. The van der Waals surface area contributed by atoms with Crippen LogP contribution in [-0.4, -0.2) is 36.6 Å². The van der Waals surface area contributed by atoms with Gasteiger partial charge in [0.25, 0.3) is 5.91 Å². The Hall–Kier alpha value is -2.83. The highest BCUT2D eigenvalue weighted by atomic mass is 16.4. The molecule has 0 unspecified atom stereocenters. The normalized spacial score (nSPS) is 15.5. The van der Waals surface area contributed by atoms with E-state index in [-0.39, 0.29) is 18.5 Å². The molecule has 1 aromatic carbocycles. The van der Waals surface area contributed by atoms with Crippen molar-refractivity contribution in [3.05, 3.63) is 39.2 Å². The molecule has 27 heavy (non-hydrogen) atoms. The summed E-state index contributed by atoms with van der Waals surface area (Å²) in [6, 6.07) is 3.65. The lowest BCUT2D eigenvalue weighted by Crippen LogP contribution is -2.34. The maximum atomic E-state index is 12.4. The zero-order valence-electron chi connectivity index (χ0n) is 15.0. The van der Waals surface area contributed by atoms with Crippen molar-refractivity contribution in [3.8, 4) is 0 Å². The summed E-state index contributed by atoms with van der Waals surface area (Å²) in [5.41, 5.74) is 3.46. The monoisotopic (exact) mass is 370 g/mol. The van der Waals surface area contributed by atoms with E-state index in [4.69, 9.17) is 9.52 Å². The first-order valence-corrected chi connectivity index (χ1v) is 9.42. The van der Waals surface area contributed by atoms with Gasteiger partial charge in [0.05, 0.1) is 0 Å². The van der Waals surface area contributed by atoms with Crippen molar-refractivity contribution in [3.63, 3.8) is 0 Å². The Kier molecular flexibility index (Phi) is 4.59. The molecule has 0 aliphatic carbocycles. The number of hydrogen-bond acceptors (Lipinski definition) is 5. The molecule has 4 rings (SSSR count). The van der Waals surface area contributed by atoms with Crippen molar-refractivity contribution in [2.75, 3.05) is 24.5 Å². The fourth-order valence-corrected chi connectivity index (χ4v) is 4.14. The molecule has 142 valence electrons. The minimum atomic E-state index is -0.915. The molecule has 0 spiro atoms. The van der Waals surface area contributed by atoms with Gasteiger partial charge in [0.1, 0.15) is 11.1 Å². The van der Waals surface area contributed by atoms with Gasteiger partial charge in [-0.05, 0) is 49.8 Å². The predicted molar refractivity (Wildman–Crippen MR) is 101 cm³/mol. The maximum Gasteiger partial charge on any atom is 0.349 e. The minimum absolute atomic E-state index is 0.0292. The number of anilines is 1. The highest BCUT2D eigenvalue weighted by Gasteiger charge is 2.27. The van der Waals surface area contributed by atoms with E-state index < -0.39 is 17.5 Å². The second-order valence-corrected chi connectivity index (χ2v) is 7.18. The number of rotatable bonds is 5. The van der Waals surface area contributed by atoms with Crippen LogP contribution in [0.4, 0.5) is 5.69 Å². The third-order valence-electron chi connectivity index (χ3n) is 5.31. The van der Waals surface area contributed by atoms with Gasteiger partial charge in [-0.25, -0.2) is 4.79 Å². The van der Waals surface area contributed by atoms with Gasteiger partial charge in [-0.3, -0.25) is 9.59 Å². The summed E-state index contributed by atoms with van der Waals surface area (Å²) >= 11 is 0. The average Bonchev–Trinajstić information content (AvgIpc) is 2.65. The number of carboxylic acids is 1. The molecule has 7 heteroatoms. The Morgan fingerprint density at radius 2 is 1.96 bits per heavy atom. The number of carbonyl (C=O) groups is 2. The largest absolute Gasteiger partial charge is 0.481 e. The van der Waals surface area contributed by atoms with Crippen molar-refractivity contribution in [2.45, 2.75) is 38.5 Å². The molecule has 1 aromatic heterocycles. The number of amides is 1. The number of nitrogens with zero attached hydrogens (tertiary/aromatic N) is 1. The lowest BCUT2D eigenvalue weighted by Gasteiger charge is -2.37. The van der Waals surface area contributed by atoms with Gasteiger partial charge in [0.15, 0.2) is 0 Å². The van der Waals surface area contributed by atoms with Crippen molar-refractivity contribution in [1.29, 1.82) is 0 Å². The van der Waals surface area contributed by atoms with Gasteiger partial charge in [-0.2, -0.15) is 0 Å². The second-order valence-electron chi connectivity index (χ2n) is 7.18. The minimum Gasteiger partial charge on any atom is -0.481 e. The Morgan fingerprint density at radius 3 is 2.74 bits per heavy atom. The molecule has 0 fully saturated rings. The standard InChI is InChI=1S/C20H22N2O5/c23-16(24)6-1-7-21-19(25)15-11-13-10-12-4-2-8-22-9-3-5-14(17(12)22)18(13)27-20(15)26/h10-11H,1-9H2,(H,21,25)(H,23,24). The smallest absolute Gasteiger partial charge is 0.349 e. The number of fused-ring (bicyclic) bond motifs is 2. The predicted octanol–water partition coefficient (Wildman–Crippen LogP) is 2.09. The third kappa shape index (κ3) is 3.29. The molecule has 0 atom stereocenters. The van der Waals surface area contributed by atoms with E-state index in [2.05, 4.69) is 10.2 Å². The van der Waals surface area contributed by atoms with Crippen LogP contribution in [0.25, 0.3) is 11.0 Å². The zero-order chi connectivity index (χ0) is 19.0. The zero-order valence-corrected chi connectivity index (χ0v) is 15.0. The number of carbonyl (C=O) groups excluding carboxylic acids is 1. The fraction of sp³-hybridized carbons (Fsp3) is 0.450. The van der Waals surface area contributed by atoms with Gasteiger partial charge in [-0.15, -0.1) is 0 Å². The summed E-state index contributed by atoms with van der Waals surface area (Å²) in [6.07, 6.45) is 4.28. The number of hydrogen-bond donors (Lipinski definition) is 2. The summed E-state index contributed by atoms with van der Waals surface area (Å²) in [5.74, 6) is -1.44. The lowest BCUT2D eigenvalue weighted by atomic mass is 9.90. The molecule has 2 aliphatic heterocycles. The van der Waals surface area contributed by atoms with E-state index in [9.17, 15) is 14.4 Å². The molecule has 2 aliphatic rings. The molecule has 0 bridgehead atoms. The van der Waals surface area contributed by atoms with E-state index in [1.807, 2.05) is 6.07 Å². The molecule has 0 saturated heterocycles. The number of nitrogens with one attached hydrogen (secondary N) is 1. The van der Waals surface area contributed by atoms with Crippen molar-refractivity contribution < 1.29 is 19.1 Å². The van der Waals surface area contributed by atoms with Crippen LogP contribution in [0.1, 0.15) is 47.2 Å². The summed E-state index contributed by atoms with van der Waals surface area (Å²) in [4.78, 5) is 37.7. The first-order chi connectivity index (χ1) is 13.0. The van der Waals surface area contributed by atoms with Gasteiger partial charge in [0.2, 0.25) is 0 Å². The van der Waals surface area contributed by atoms with E-state index in [1.165, 1.54) is 11.3 Å². The highest BCUT2D eigenvalue weighted by Crippen LogP contribution is 2.39. The van der Waals surface area contributed by atoms with Gasteiger partial charge < -0.3 is 19.7 Å². The van der Waals surface area contributed by atoms with Crippen LogP contribution < -0.4 is 15.8 Å². The first-order valence-electron chi connectivity index (χ1n) is 9.42. The summed E-state index contributed by atoms with van der Waals surface area (Å²) in [6.45, 7) is 2.27. The Bertz CT molecular complexity index is 976. The van der Waals surface area contributed by atoms with Crippen LogP contribution in [0.2, 0.25) is 0 Å². The van der Waals surface area contributed by atoms with Crippen LogP contribution in [-0.2, 0) is 17.6 Å². The van der Waals surface area contributed by atoms with Crippen LogP contribution in [0.5, 0.6) is 0 Å². The Labute approximate surface area is 156 Å². The van der Waals surface area contributed by atoms with Crippen molar-refractivity contribution in [2.24, 2.45) is 0 Å². The molecule has 1 amide bonds. The molecular weight excluding hydrogens is 348 g/mol. The average molecular weight is 370 g/mol. The first kappa shape index (κ1) is 17.6. The summed E-state index contributed by atoms with van der Waals surface area (Å²) < 4.78 is 5.59. The van der Waals surface area contributed by atoms with Gasteiger partial charge in [-0.1, -0.05) is 0 Å². The van der Waals surface area contributed by atoms with E-state index in [0.29, 0.717) is 12.0 Å². The number of aryl methyl sites for hydroxylation is 2. The topological polar surface area (TPSA) is 99.9 Å². The molecular formula is C20H22N2O5. The molecule has 0 radical (unpaired) electrons. The summed E-state index contributed by atoms with van der Waals surface area (Å²) in [7, 11) is 0. The van der Waals surface area contributed by atoms with Gasteiger partial charge >= 0.3 is 11.6 Å². The SMILES string of the molecule is O=C(O)CCCNC(=O)c1cc2cc3c4c(c2oc1=O)CCCN4CCC3. The third-order valence-corrected chi connectivity index (χ3v) is 5.31. The molecule has 2 N–H and O–H groups in total. The van der Waals surface area contributed by atoms with E-state index in [0.717, 1.165) is 49.7 Å². The Balaban J connectivity index is 1.68. The van der Waals surface area contributed by atoms with Crippen LogP contribution in [0.15, 0.2) is 21.3 Å². The molecule has 3 heterocycles. The van der Waals surface area contributed by atoms with Crippen LogP contribution in [0, 0.1) is 0 Å². The molecule has 0 saturated carbocycles. The number of carboxylic acid groups (broad SMARTS) is 1. The second kappa shape index (κ2) is 7.06. The van der Waals surface area contributed by atoms with Gasteiger partial charge in [0, 0.05) is 42.7 Å². The fourth-order valence-electron chi connectivity index (χ4n) is 4.14. The lowest BCUT2D eigenvalue weighted by molar-refractivity contribution is -0.137. The van der Waals surface area contributed by atoms with E-state index in [1.54, 1.807) is 6.07 Å². The maximum absolute atomic E-state index is 12.4. The van der Waals surface area contributed by atoms with E-state index >= 15 is 0 Å². The molecule has 2 aromatic rings. The van der Waals surface area contributed by atoms with Crippen LogP contribution >= 0.6 is 0 Å². The summed E-state index contributed by atoms with van der Waals surface area (Å²) in [5, 5.41) is 12.0. The number of benzene rings is 1. The van der Waals surface area contributed by atoms with Crippen molar-refractivity contribution >= 4 is 28.5 Å². The molecule has 7 nitrogen and oxygen atoms in total.